The van der Waals surface area contributed by atoms with Gasteiger partial charge in [-0.1, -0.05) is 6.58 Å². The summed E-state index contributed by atoms with van der Waals surface area (Å²) in [6.07, 6.45) is 0.628. The van der Waals surface area contributed by atoms with E-state index in [-0.39, 0.29) is 12.3 Å². The highest BCUT2D eigenvalue weighted by Crippen LogP contribution is 2.60. The van der Waals surface area contributed by atoms with Crippen molar-refractivity contribution in [3.8, 4) is 0 Å². The van der Waals surface area contributed by atoms with E-state index in [2.05, 4.69) is 6.58 Å². The number of hydrogen-bond donors (Lipinski definition) is 2. The van der Waals surface area contributed by atoms with E-state index in [4.69, 9.17) is 27.9 Å². The number of esters is 1. The second-order valence-electron chi connectivity index (χ2n) is 7.04. The molecule has 2 aliphatic carbocycles. The molecule has 3 aliphatic rings. The van der Waals surface area contributed by atoms with Gasteiger partial charge < -0.3 is 14.9 Å². The normalized spacial score (nSPS) is 56.7. The maximum Gasteiger partial charge on any atom is 0.334 e. The van der Waals surface area contributed by atoms with Crippen LogP contribution in [0.4, 0.5) is 0 Å². The van der Waals surface area contributed by atoms with Gasteiger partial charge >= 0.3 is 5.97 Å². The molecule has 3 fully saturated rings. The van der Waals surface area contributed by atoms with E-state index in [1.165, 1.54) is 0 Å². The molecular weight excluding hydrogens is 315 g/mol. The van der Waals surface area contributed by atoms with Crippen molar-refractivity contribution >= 4 is 29.2 Å². The lowest BCUT2D eigenvalue weighted by Crippen LogP contribution is -2.58. The third-order valence-electron chi connectivity index (χ3n) is 5.77. The third kappa shape index (κ3) is 1.86. The fourth-order valence-corrected chi connectivity index (χ4v) is 5.01. The van der Waals surface area contributed by atoms with E-state index in [0.717, 1.165) is 0 Å². The molecule has 1 saturated heterocycles. The Kier molecular flexibility index (Phi) is 3.25. The van der Waals surface area contributed by atoms with Gasteiger partial charge in [-0.05, 0) is 33.1 Å². The van der Waals surface area contributed by atoms with E-state index < -0.39 is 39.4 Å². The molecule has 2 saturated carbocycles. The predicted molar refractivity (Wildman–Crippen MR) is 79.3 cm³/mol. The summed E-state index contributed by atoms with van der Waals surface area (Å²) in [5.41, 5.74) is -2.37. The fourth-order valence-electron chi connectivity index (χ4n) is 4.34. The van der Waals surface area contributed by atoms with Crippen LogP contribution in [0.5, 0.6) is 0 Å². The summed E-state index contributed by atoms with van der Waals surface area (Å²) in [4.78, 5) is 10.9. The Bertz CT molecular complexity index is 516. The first-order chi connectivity index (χ1) is 9.52. The summed E-state index contributed by atoms with van der Waals surface area (Å²) in [5, 5.41) is 21.4. The van der Waals surface area contributed by atoms with Crippen LogP contribution in [0.25, 0.3) is 0 Å². The molecule has 0 aromatic heterocycles. The largest absolute Gasteiger partial charge is 0.458 e. The minimum Gasteiger partial charge on any atom is -0.458 e. The third-order valence-corrected chi connectivity index (χ3v) is 6.89. The van der Waals surface area contributed by atoms with Crippen molar-refractivity contribution in [2.45, 2.75) is 60.7 Å². The smallest absolute Gasteiger partial charge is 0.334 e. The van der Waals surface area contributed by atoms with Crippen molar-refractivity contribution in [1.29, 1.82) is 0 Å². The van der Waals surface area contributed by atoms with Crippen LogP contribution < -0.4 is 0 Å². The standard InChI is InChI=1S/C15H20Cl2O4/c1-7-8-4-5-13(2,17)15(20)6-9(16)14(3,19)11(15)10(8)21-12(7)18/h8-11,19-20H,1,4-6H2,2-3H3/t8-,9+,10-,11-,13+,14-,15+/m0/s1. The summed E-state index contributed by atoms with van der Waals surface area (Å²) in [7, 11) is 0. The van der Waals surface area contributed by atoms with Crippen molar-refractivity contribution in [3.63, 3.8) is 0 Å². The van der Waals surface area contributed by atoms with E-state index in [9.17, 15) is 15.0 Å². The van der Waals surface area contributed by atoms with Crippen LogP contribution in [-0.4, -0.2) is 43.7 Å². The Morgan fingerprint density at radius 1 is 1.38 bits per heavy atom. The SMILES string of the molecule is C=C1C(=O)O[C@H]2[C@H]1CC[C@@](C)(Cl)[C@@]1(O)C[C@@H](Cl)[C@](C)(O)[C@H]21. The van der Waals surface area contributed by atoms with Crippen molar-refractivity contribution in [2.24, 2.45) is 11.8 Å². The summed E-state index contributed by atoms with van der Waals surface area (Å²) in [5.74, 6) is -1.42. The van der Waals surface area contributed by atoms with Gasteiger partial charge in [0.15, 0.2) is 0 Å². The topological polar surface area (TPSA) is 66.8 Å². The van der Waals surface area contributed by atoms with E-state index in [0.29, 0.717) is 18.4 Å². The van der Waals surface area contributed by atoms with Crippen LogP contribution in [0.15, 0.2) is 12.2 Å². The van der Waals surface area contributed by atoms with Gasteiger partial charge in [-0.3, -0.25) is 0 Å². The van der Waals surface area contributed by atoms with E-state index in [1.54, 1.807) is 13.8 Å². The fraction of sp³-hybridized carbons (Fsp3) is 0.800. The zero-order valence-electron chi connectivity index (χ0n) is 12.1. The number of aliphatic hydroxyl groups is 2. The van der Waals surface area contributed by atoms with Crippen molar-refractivity contribution in [1.82, 2.24) is 0 Å². The van der Waals surface area contributed by atoms with Crippen molar-refractivity contribution < 1.29 is 19.7 Å². The average Bonchev–Trinajstić information content (AvgIpc) is 2.68. The zero-order valence-corrected chi connectivity index (χ0v) is 13.6. The van der Waals surface area contributed by atoms with E-state index >= 15 is 0 Å². The molecule has 6 heteroatoms. The lowest BCUT2D eigenvalue weighted by molar-refractivity contribution is -0.159. The Hall–Kier alpha value is -0.290. The van der Waals surface area contributed by atoms with Gasteiger partial charge in [0.25, 0.3) is 0 Å². The highest BCUT2D eigenvalue weighted by Gasteiger charge is 2.71. The van der Waals surface area contributed by atoms with Crippen molar-refractivity contribution in [2.75, 3.05) is 0 Å². The molecule has 118 valence electrons. The van der Waals surface area contributed by atoms with E-state index in [1.807, 2.05) is 0 Å². The van der Waals surface area contributed by atoms with Gasteiger partial charge in [-0.15, -0.1) is 23.2 Å². The number of alkyl halides is 2. The first-order valence-corrected chi connectivity index (χ1v) is 8.01. The van der Waals surface area contributed by atoms with Crippen LogP contribution in [0.3, 0.4) is 0 Å². The minimum atomic E-state index is -1.39. The van der Waals surface area contributed by atoms with Crippen LogP contribution in [0.2, 0.25) is 0 Å². The van der Waals surface area contributed by atoms with Gasteiger partial charge in [0.1, 0.15) is 6.10 Å². The highest BCUT2D eigenvalue weighted by molar-refractivity contribution is 6.25. The maximum atomic E-state index is 11.8. The first kappa shape index (κ1) is 15.6. The van der Waals surface area contributed by atoms with Gasteiger partial charge in [-0.25, -0.2) is 4.79 Å². The molecule has 0 aromatic rings. The summed E-state index contributed by atoms with van der Waals surface area (Å²) >= 11 is 12.9. The number of carbonyl (C=O) groups excluding carboxylic acids is 1. The molecule has 3 rings (SSSR count). The number of ether oxygens (including phenoxy) is 1. The number of carbonyl (C=O) groups is 1. The predicted octanol–water partition coefficient (Wildman–Crippen LogP) is 1.98. The molecule has 1 heterocycles. The molecule has 0 spiro atoms. The molecule has 0 unspecified atom stereocenters. The molecular formula is C15H20Cl2O4. The summed E-state index contributed by atoms with van der Waals surface area (Å²) in [6, 6.07) is 0. The molecule has 21 heavy (non-hydrogen) atoms. The Balaban J connectivity index is 2.14. The van der Waals surface area contributed by atoms with Gasteiger partial charge in [0.05, 0.1) is 27.4 Å². The first-order valence-electron chi connectivity index (χ1n) is 7.20. The Labute approximate surface area is 134 Å². The second kappa shape index (κ2) is 4.38. The molecule has 0 amide bonds. The molecule has 7 atom stereocenters. The quantitative estimate of drug-likeness (QED) is 0.404. The molecule has 0 aromatic carbocycles. The maximum absolute atomic E-state index is 11.8. The lowest BCUT2D eigenvalue weighted by atomic mass is 9.72. The zero-order chi connectivity index (χ0) is 15.8. The van der Waals surface area contributed by atoms with Crippen LogP contribution in [-0.2, 0) is 9.53 Å². The molecule has 4 nitrogen and oxygen atoms in total. The number of rotatable bonds is 0. The molecule has 0 bridgehead atoms. The summed E-state index contributed by atoms with van der Waals surface area (Å²) < 4.78 is 5.44. The summed E-state index contributed by atoms with van der Waals surface area (Å²) in [6.45, 7) is 7.14. The lowest BCUT2D eigenvalue weighted by Gasteiger charge is -2.44. The van der Waals surface area contributed by atoms with Gasteiger partial charge in [-0.2, -0.15) is 0 Å². The second-order valence-corrected chi connectivity index (χ2v) is 8.40. The Morgan fingerprint density at radius 3 is 2.62 bits per heavy atom. The monoisotopic (exact) mass is 334 g/mol. The number of halogens is 2. The van der Waals surface area contributed by atoms with Crippen molar-refractivity contribution in [3.05, 3.63) is 12.2 Å². The molecule has 0 radical (unpaired) electrons. The average molecular weight is 335 g/mol. The van der Waals surface area contributed by atoms with Crippen LogP contribution in [0.1, 0.15) is 33.1 Å². The van der Waals surface area contributed by atoms with Crippen LogP contribution >= 0.6 is 23.2 Å². The number of fused-ring (bicyclic) bond motifs is 3. The van der Waals surface area contributed by atoms with Gasteiger partial charge in [0.2, 0.25) is 0 Å². The highest BCUT2D eigenvalue weighted by atomic mass is 35.5. The minimum absolute atomic E-state index is 0.166. The molecule has 2 N–H and O–H groups in total. The molecule has 1 aliphatic heterocycles. The Morgan fingerprint density at radius 2 is 2.00 bits per heavy atom. The van der Waals surface area contributed by atoms with Crippen LogP contribution in [0, 0.1) is 11.8 Å². The van der Waals surface area contributed by atoms with Gasteiger partial charge in [0, 0.05) is 11.5 Å². The number of hydrogen-bond acceptors (Lipinski definition) is 4.